The summed E-state index contributed by atoms with van der Waals surface area (Å²) in [6.07, 6.45) is 2.03. The summed E-state index contributed by atoms with van der Waals surface area (Å²) in [5.41, 5.74) is 0.195. The molecule has 0 aromatic carbocycles. The lowest BCUT2D eigenvalue weighted by molar-refractivity contribution is 0.492. The predicted octanol–water partition coefficient (Wildman–Crippen LogP) is 0.421. The molecule has 1 saturated carbocycles. The third kappa shape index (κ3) is 1.74. The summed E-state index contributed by atoms with van der Waals surface area (Å²) in [6, 6.07) is 0. The summed E-state index contributed by atoms with van der Waals surface area (Å²) in [4.78, 5) is 0. The Bertz CT molecular complexity index is 299. The molecule has 2 rings (SSSR count). The van der Waals surface area contributed by atoms with Gasteiger partial charge in [-0.2, -0.15) is 0 Å². The first kappa shape index (κ1) is 9.46. The second kappa shape index (κ2) is 2.95. The number of hydrogen-bond donors (Lipinski definition) is 1. The van der Waals surface area contributed by atoms with Gasteiger partial charge in [-0.15, -0.1) is 0 Å². The molecule has 4 heteroatoms. The Morgan fingerprint density at radius 2 is 2.31 bits per heavy atom. The van der Waals surface area contributed by atoms with Crippen molar-refractivity contribution in [1.82, 2.24) is 5.32 Å². The zero-order valence-electron chi connectivity index (χ0n) is 8.04. The molecule has 0 aromatic heterocycles. The Kier molecular flexibility index (Phi) is 2.15. The lowest BCUT2D eigenvalue weighted by atomic mass is 10.0. The van der Waals surface area contributed by atoms with Gasteiger partial charge in [0.15, 0.2) is 9.84 Å². The van der Waals surface area contributed by atoms with E-state index in [1.807, 2.05) is 0 Å². The normalized spacial score (nSPS) is 41.2. The highest BCUT2D eigenvalue weighted by Gasteiger charge is 2.58. The fraction of sp³-hybridized carbons (Fsp3) is 1.00. The first-order chi connectivity index (χ1) is 6.08. The van der Waals surface area contributed by atoms with Crippen LogP contribution in [0.15, 0.2) is 0 Å². The molecular weight excluding hydrogens is 186 g/mol. The van der Waals surface area contributed by atoms with E-state index in [1.54, 1.807) is 0 Å². The molecule has 2 fully saturated rings. The molecule has 2 unspecified atom stereocenters. The topological polar surface area (TPSA) is 46.2 Å². The highest BCUT2D eigenvalue weighted by molar-refractivity contribution is 7.91. The van der Waals surface area contributed by atoms with Crippen LogP contribution in [0.3, 0.4) is 0 Å². The fourth-order valence-electron chi connectivity index (χ4n) is 2.46. The monoisotopic (exact) mass is 203 g/mol. The van der Waals surface area contributed by atoms with Crippen molar-refractivity contribution in [2.45, 2.75) is 19.8 Å². The quantitative estimate of drug-likeness (QED) is 0.723. The van der Waals surface area contributed by atoms with E-state index >= 15 is 0 Å². The van der Waals surface area contributed by atoms with E-state index in [-0.39, 0.29) is 5.41 Å². The van der Waals surface area contributed by atoms with Gasteiger partial charge in [-0.3, -0.25) is 0 Å². The molecule has 2 aliphatic rings. The number of rotatable bonds is 3. The Balaban J connectivity index is 1.91. The van der Waals surface area contributed by atoms with Gasteiger partial charge in [0, 0.05) is 0 Å². The minimum absolute atomic E-state index is 0.195. The van der Waals surface area contributed by atoms with E-state index in [2.05, 4.69) is 12.2 Å². The van der Waals surface area contributed by atoms with E-state index in [0.29, 0.717) is 17.4 Å². The lowest BCUT2D eigenvalue weighted by Crippen LogP contribution is -2.19. The molecule has 1 saturated heterocycles. The predicted molar refractivity (Wildman–Crippen MR) is 52.4 cm³/mol. The van der Waals surface area contributed by atoms with E-state index in [4.69, 9.17) is 0 Å². The highest BCUT2D eigenvalue weighted by atomic mass is 32.2. The number of hydrogen-bond acceptors (Lipinski definition) is 3. The van der Waals surface area contributed by atoms with Gasteiger partial charge in [0.2, 0.25) is 0 Å². The maximum absolute atomic E-state index is 11.3. The van der Waals surface area contributed by atoms with Crippen molar-refractivity contribution in [3.05, 3.63) is 0 Å². The Morgan fingerprint density at radius 1 is 1.54 bits per heavy atom. The van der Waals surface area contributed by atoms with Crippen molar-refractivity contribution in [1.29, 1.82) is 0 Å². The molecule has 1 heterocycles. The zero-order valence-corrected chi connectivity index (χ0v) is 8.86. The SMILES string of the molecule is CCNCC1CC12CCS(=O)(=O)C2. The average molecular weight is 203 g/mol. The van der Waals surface area contributed by atoms with Gasteiger partial charge in [-0.1, -0.05) is 6.92 Å². The summed E-state index contributed by atoms with van der Waals surface area (Å²) >= 11 is 0. The molecule has 2 atom stereocenters. The van der Waals surface area contributed by atoms with Crippen molar-refractivity contribution < 1.29 is 8.42 Å². The zero-order chi connectivity index (χ0) is 9.53. The standard InChI is InChI=1S/C9H17NO2S/c1-2-10-6-8-5-9(8)3-4-13(11,12)7-9/h8,10H,2-7H2,1H3. The van der Waals surface area contributed by atoms with E-state index in [1.165, 1.54) is 0 Å². The Labute approximate surface area is 79.8 Å². The molecule has 0 aromatic rings. The van der Waals surface area contributed by atoms with Crippen LogP contribution in [0.4, 0.5) is 0 Å². The van der Waals surface area contributed by atoms with Crippen LogP contribution in [0.25, 0.3) is 0 Å². The Hall–Kier alpha value is -0.0900. The van der Waals surface area contributed by atoms with Gasteiger partial charge in [-0.05, 0) is 37.3 Å². The maximum atomic E-state index is 11.3. The molecule has 13 heavy (non-hydrogen) atoms. The molecule has 1 spiro atoms. The van der Waals surface area contributed by atoms with E-state index < -0.39 is 9.84 Å². The third-order valence-corrected chi connectivity index (χ3v) is 5.26. The minimum Gasteiger partial charge on any atom is -0.317 e. The molecule has 1 aliphatic heterocycles. The van der Waals surface area contributed by atoms with Crippen LogP contribution < -0.4 is 5.32 Å². The highest BCUT2D eigenvalue weighted by Crippen LogP contribution is 2.58. The Morgan fingerprint density at radius 3 is 2.85 bits per heavy atom. The van der Waals surface area contributed by atoms with Crippen LogP contribution in [-0.2, 0) is 9.84 Å². The second-order valence-corrected chi connectivity index (χ2v) is 6.60. The third-order valence-electron chi connectivity index (χ3n) is 3.42. The van der Waals surface area contributed by atoms with Crippen molar-refractivity contribution in [2.24, 2.45) is 11.3 Å². The maximum Gasteiger partial charge on any atom is 0.150 e. The average Bonchev–Trinajstić information content (AvgIpc) is 2.61. The smallest absolute Gasteiger partial charge is 0.150 e. The van der Waals surface area contributed by atoms with Crippen LogP contribution in [0.1, 0.15) is 19.8 Å². The molecule has 3 nitrogen and oxygen atoms in total. The lowest BCUT2D eigenvalue weighted by Gasteiger charge is -2.06. The summed E-state index contributed by atoms with van der Waals surface area (Å²) < 4.78 is 22.6. The van der Waals surface area contributed by atoms with Crippen molar-refractivity contribution in [2.75, 3.05) is 24.6 Å². The van der Waals surface area contributed by atoms with E-state index in [9.17, 15) is 8.42 Å². The first-order valence-electron chi connectivity index (χ1n) is 4.99. The first-order valence-corrected chi connectivity index (χ1v) is 6.81. The molecule has 0 amide bonds. The molecular formula is C9H17NO2S. The van der Waals surface area contributed by atoms with Crippen LogP contribution in [0, 0.1) is 11.3 Å². The molecule has 1 aliphatic carbocycles. The van der Waals surface area contributed by atoms with Gasteiger partial charge in [0.05, 0.1) is 11.5 Å². The summed E-state index contributed by atoms with van der Waals surface area (Å²) in [6.45, 7) is 4.08. The molecule has 1 N–H and O–H groups in total. The number of sulfone groups is 1. The summed E-state index contributed by atoms with van der Waals surface area (Å²) in [5, 5.41) is 3.29. The molecule has 76 valence electrons. The van der Waals surface area contributed by atoms with Crippen LogP contribution in [-0.4, -0.2) is 33.0 Å². The van der Waals surface area contributed by atoms with Crippen LogP contribution >= 0.6 is 0 Å². The van der Waals surface area contributed by atoms with Gasteiger partial charge >= 0.3 is 0 Å². The van der Waals surface area contributed by atoms with Crippen LogP contribution in [0.5, 0.6) is 0 Å². The second-order valence-electron chi connectivity index (χ2n) is 4.41. The van der Waals surface area contributed by atoms with E-state index in [0.717, 1.165) is 25.9 Å². The largest absolute Gasteiger partial charge is 0.317 e. The van der Waals surface area contributed by atoms with Crippen molar-refractivity contribution in [3.8, 4) is 0 Å². The minimum atomic E-state index is -2.68. The van der Waals surface area contributed by atoms with Gasteiger partial charge in [0.25, 0.3) is 0 Å². The van der Waals surface area contributed by atoms with Crippen LogP contribution in [0.2, 0.25) is 0 Å². The van der Waals surface area contributed by atoms with Gasteiger partial charge in [0.1, 0.15) is 0 Å². The summed E-state index contributed by atoms with van der Waals surface area (Å²) in [7, 11) is -2.68. The van der Waals surface area contributed by atoms with Gasteiger partial charge < -0.3 is 5.32 Å². The summed E-state index contributed by atoms with van der Waals surface area (Å²) in [5.74, 6) is 1.51. The van der Waals surface area contributed by atoms with Crippen molar-refractivity contribution in [3.63, 3.8) is 0 Å². The van der Waals surface area contributed by atoms with Crippen molar-refractivity contribution >= 4 is 9.84 Å². The van der Waals surface area contributed by atoms with Gasteiger partial charge in [-0.25, -0.2) is 8.42 Å². The fourth-order valence-corrected chi connectivity index (χ4v) is 4.70. The molecule has 0 radical (unpaired) electrons. The molecule has 0 bridgehead atoms. The number of nitrogens with one attached hydrogen (secondary N) is 1.